The number of nitrogens with two attached hydrogens (primary N) is 1. The zero-order valence-electron chi connectivity index (χ0n) is 9.25. The molecule has 1 heterocycles. The van der Waals surface area contributed by atoms with Crippen LogP contribution in [-0.2, 0) is 6.42 Å². The van der Waals surface area contributed by atoms with E-state index in [1.165, 1.54) is 19.3 Å². The van der Waals surface area contributed by atoms with Crippen molar-refractivity contribution in [3.63, 3.8) is 0 Å². The molecule has 0 spiro atoms. The van der Waals surface area contributed by atoms with Gasteiger partial charge in [0, 0.05) is 0 Å². The van der Waals surface area contributed by atoms with Crippen molar-refractivity contribution in [1.82, 2.24) is 9.78 Å². The van der Waals surface area contributed by atoms with Crippen LogP contribution in [0.5, 0.6) is 0 Å². The molecule has 1 aromatic rings. The van der Waals surface area contributed by atoms with Gasteiger partial charge in [-0.2, -0.15) is 0 Å². The van der Waals surface area contributed by atoms with Gasteiger partial charge in [0.1, 0.15) is 5.69 Å². The van der Waals surface area contributed by atoms with Crippen LogP contribution in [0.2, 0.25) is 0 Å². The monoisotopic (exact) mass is 209 g/mol. The average Bonchev–Trinajstić information content (AvgIpc) is 2.57. The first-order valence-electron chi connectivity index (χ1n) is 5.83. The Morgan fingerprint density at radius 3 is 2.60 bits per heavy atom. The lowest BCUT2D eigenvalue weighted by Gasteiger charge is -2.21. The Bertz CT molecular complexity index is 385. The predicted octanol–water partition coefficient (Wildman–Crippen LogP) is 1.83. The van der Waals surface area contributed by atoms with E-state index in [-0.39, 0.29) is 5.56 Å². The second-order valence-electron chi connectivity index (χ2n) is 4.32. The van der Waals surface area contributed by atoms with E-state index in [0.717, 1.165) is 25.0 Å². The number of aromatic amines is 1. The molecule has 0 saturated heterocycles. The highest BCUT2D eigenvalue weighted by Crippen LogP contribution is 2.26. The molecule has 1 aliphatic rings. The van der Waals surface area contributed by atoms with Crippen LogP contribution in [0.25, 0.3) is 0 Å². The Hall–Kier alpha value is -1.19. The normalized spacial score (nSPS) is 18.2. The molecule has 2 rings (SSSR count). The third-order valence-corrected chi connectivity index (χ3v) is 3.32. The number of hydrogen-bond acceptors (Lipinski definition) is 2. The number of nitrogen functional groups attached to an aromatic ring is 1. The molecule has 3 N–H and O–H groups in total. The maximum Gasteiger partial charge on any atom is 0.290 e. The zero-order valence-corrected chi connectivity index (χ0v) is 9.25. The summed E-state index contributed by atoms with van der Waals surface area (Å²) in [4.78, 5) is 11.9. The van der Waals surface area contributed by atoms with Gasteiger partial charge in [0.25, 0.3) is 5.56 Å². The van der Waals surface area contributed by atoms with Crippen LogP contribution in [0.3, 0.4) is 0 Å². The van der Waals surface area contributed by atoms with Crippen molar-refractivity contribution in [1.29, 1.82) is 0 Å². The summed E-state index contributed by atoms with van der Waals surface area (Å²) in [6, 6.07) is 0.342. The molecule has 0 atom stereocenters. The van der Waals surface area contributed by atoms with Crippen LogP contribution in [0, 0.1) is 0 Å². The molecule has 0 unspecified atom stereocenters. The molecule has 1 aromatic heterocycles. The highest BCUT2D eigenvalue weighted by Gasteiger charge is 2.19. The van der Waals surface area contributed by atoms with E-state index in [9.17, 15) is 4.79 Å². The van der Waals surface area contributed by atoms with Crippen molar-refractivity contribution in [2.24, 2.45) is 0 Å². The summed E-state index contributed by atoms with van der Waals surface area (Å²) in [6.45, 7) is 2.01. The number of aromatic nitrogens is 2. The SMILES string of the molecule is CCc1[nH]n(C2CCCCC2)c(=O)c1N. The highest BCUT2D eigenvalue weighted by atomic mass is 16.1. The Morgan fingerprint density at radius 2 is 2.07 bits per heavy atom. The van der Waals surface area contributed by atoms with E-state index in [4.69, 9.17) is 5.73 Å². The first-order valence-corrected chi connectivity index (χ1v) is 5.83. The molecule has 0 aliphatic heterocycles. The van der Waals surface area contributed by atoms with Gasteiger partial charge in [0.15, 0.2) is 0 Å². The van der Waals surface area contributed by atoms with Gasteiger partial charge in [-0.3, -0.25) is 9.89 Å². The summed E-state index contributed by atoms with van der Waals surface area (Å²) in [6.07, 6.45) is 6.73. The molecule has 0 amide bonds. The number of nitrogens with one attached hydrogen (secondary N) is 1. The number of anilines is 1. The number of rotatable bonds is 2. The fourth-order valence-corrected chi connectivity index (χ4v) is 2.38. The number of nitrogens with zero attached hydrogens (tertiary/aromatic N) is 1. The topological polar surface area (TPSA) is 63.8 Å². The predicted molar refractivity (Wildman–Crippen MR) is 61.0 cm³/mol. The second-order valence-corrected chi connectivity index (χ2v) is 4.32. The lowest BCUT2D eigenvalue weighted by atomic mass is 9.96. The van der Waals surface area contributed by atoms with E-state index in [2.05, 4.69) is 5.10 Å². The minimum Gasteiger partial charge on any atom is -0.393 e. The van der Waals surface area contributed by atoms with Gasteiger partial charge in [-0.25, -0.2) is 4.68 Å². The van der Waals surface area contributed by atoms with E-state index >= 15 is 0 Å². The van der Waals surface area contributed by atoms with Crippen LogP contribution >= 0.6 is 0 Å². The van der Waals surface area contributed by atoms with E-state index in [0.29, 0.717) is 11.7 Å². The molecular formula is C11H19N3O. The van der Waals surface area contributed by atoms with E-state index < -0.39 is 0 Å². The van der Waals surface area contributed by atoms with Gasteiger partial charge < -0.3 is 5.73 Å². The van der Waals surface area contributed by atoms with Crippen LogP contribution in [0.15, 0.2) is 4.79 Å². The molecule has 0 radical (unpaired) electrons. The van der Waals surface area contributed by atoms with Crippen molar-refractivity contribution >= 4 is 5.69 Å². The quantitative estimate of drug-likeness (QED) is 0.780. The molecule has 1 aliphatic carbocycles. The smallest absolute Gasteiger partial charge is 0.290 e. The average molecular weight is 209 g/mol. The Morgan fingerprint density at radius 1 is 1.40 bits per heavy atom. The Balaban J connectivity index is 2.31. The molecule has 0 aromatic carbocycles. The van der Waals surface area contributed by atoms with Gasteiger partial charge in [-0.1, -0.05) is 26.2 Å². The number of hydrogen-bond donors (Lipinski definition) is 2. The first-order chi connectivity index (χ1) is 7.24. The fraction of sp³-hybridized carbons (Fsp3) is 0.727. The third kappa shape index (κ3) is 1.80. The van der Waals surface area contributed by atoms with Crippen LogP contribution < -0.4 is 11.3 Å². The lowest BCUT2D eigenvalue weighted by molar-refractivity contribution is 0.322. The van der Waals surface area contributed by atoms with Crippen molar-refractivity contribution < 1.29 is 0 Å². The molecule has 1 saturated carbocycles. The molecule has 84 valence electrons. The van der Waals surface area contributed by atoms with Crippen molar-refractivity contribution in [3.8, 4) is 0 Å². The summed E-state index contributed by atoms with van der Waals surface area (Å²) < 4.78 is 1.74. The van der Waals surface area contributed by atoms with Gasteiger partial charge in [0.2, 0.25) is 0 Å². The standard InChI is InChI=1S/C11H19N3O/c1-2-9-10(12)11(15)14(13-9)8-6-4-3-5-7-8/h8,13H,2-7,12H2,1H3. The molecule has 0 bridgehead atoms. The van der Waals surface area contributed by atoms with Crippen molar-refractivity contribution in [2.45, 2.75) is 51.5 Å². The summed E-state index contributed by atoms with van der Waals surface area (Å²) in [5, 5.41) is 3.15. The maximum atomic E-state index is 11.9. The summed E-state index contributed by atoms with van der Waals surface area (Å²) in [5.41, 5.74) is 7.01. The summed E-state index contributed by atoms with van der Waals surface area (Å²) >= 11 is 0. The number of aryl methyl sites for hydroxylation is 1. The van der Waals surface area contributed by atoms with Gasteiger partial charge >= 0.3 is 0 Å². The first kappa shape index (κ1) is 10.3. The Labute approximate surface area is 89.5 Å². The van der Waals surface area contributed by atoms with Crippen LogP contribution in [0.1, 0.15) is 50.8 Å². The molecule has 4 nitrogen and oxygen atoms in total. The number of H-pyrrole nitrogens is 1. The summed E-state index contributed by atoms with van der Waals surface area (Å²) in [5.74, 6) is 0. The molecule has 15 heavy (non-hydrogen) atoms. The molecule has 4 heteroatoms. The molecular weight excluding hydrogens is 190 g/mol. The zero-order chi connectivity index (χ0) is 10.8. The molecule has 1 fully saturated rings. The van der Waals surface area contributed by atoms with Gasteiger partial charge in [-0.05, 0) is 19.3 Å². The minimum absolute atomic E-state index is 0.0289. The Kier molecular flexibility index (Phi) is 2.84. The lowest BCUT2D eigenvalue weighted by Crippen LogP contribution is -2.25. The second kappa shape index (κ2) is 4.13. The fourth-order valence-electron chi connectivity index (χ4n) is 2.38. The van der Waals surface area contributed by atoms with Gasteiger partial charge in [0.05, 0.1) is 11.7 Å². The largest absolute Gasteiger partial charge is 0.393 e. The van der Waals surface area contributed by atoms with E-state index in [1.54, 1.807) is 4.68 Å². The minimum atomic E-state index is -0.0289. The van der Waals surface area contributed by atoms with Crippen molar-refractivity contribution in [2.75, 3.05) is 5.73 Å². The van der Waals surface area contributed by atoms with Crippen LogP contribution in [0.4, 0.5) is 5.69 Å². The highest BCUT2D eigenvalue weighted by molar-refractivity contribution is 5.40. The van der Waals surface area contributed by atoms with E-state index in [1.807, 2.05) is 6.92 Å². The maximum absolute atomic E-state index is 11.9. The van der Waals surface area contributed by atoms with Gasteiger partial charge in [-0.15, -0.1) is 0 Å². The summed E-state index contributed by atoms with van der Waals surface area (Å²) in [7, 11) is 0. The van der Waals surface area contributed by atoms with Crippen LogP contribution in [-0.4, -0.2) is 9.78 Å². The van der Waals surface area contributed by atoms with Crippen molar-refractivity contribution in [3.05, 3.63) is 16.0 Å². The third-order valence-electron chi connectivity index (χ3n) is 3.32.